The third-order valence-corrected chi connectivity index (χ3v) is 2.52. The van der Waals surface area contributed by atoms with Crippen molar-refractivity contribution in [2.75, 3.05) is 6.61 Å². The lowest BCUT2D eigenvalue weighted by atomic mass is 9.88. The Bertz CT molecular complexity index is 245. The van der Waals surface area contributed by atoms with E-state index < -0.39 is 17.4 Å². The maximum atomic E-state index is 11.0. The fourth-order valence-corrected chi connectivity index (χ4v) is 1.41. The molecule has 0 aliphatic heterocycles. The van der Waals surface area contributed by atoms with E-state index in [1.54, 1.807) is 0 Å². The lowest BCUT2D eigenvalue weighted by Crippen LogP contribution is -2.48. The molecule has 0 saturated heterocycles. The van der Waals surface area contributed by atoms with Crippen LogP contribution in [-0.2, 0) is 9.59 Å². The van der Waals surface area contributed by atoms with Crippen molar-refractivity contribution >= 4 is 11.9 Å². The number of hydrogen-bond acceptors (Lipinski definition) is 4. The third kappa shape index (κ3) is 5.67. The molecule has 6 nitrogen and oxygen atoms in total. The summed E-state index contributed by atoms with van der Waals surface area (Å²) in [6.45, 7) is 0.0892. The topological polar surface area (TPSA) is 127 Å². The van der Waals surface area contributed by atoms with Crippen molar-refractivity contribution in [3.8, 4) is 0 Å². The largest absolute Gasteiger partial charge is 0.480 e. The van der Waals surface area contributed by atoms with Gasteiger partial charge in [-0.1, -0.05) is 12.8 Å². The molecular weight excluding hydrogens is 212 g/mol. The molecule has 0 bridgehead atoms. The summed E-state index contributed by atoms with van der Waals surface area (Å²) in [5, 5.41) is 17.5. The fraction of sp³-hybridized carbons (Fsp3) is 0.800. The van der Waals surface area contributed by atoms with Gasteiger partial charge in [0.05, 0.1) is 0 Å². The Morgan fingerprint density at radius 2 is 1.75 bits per heavy atom. The number of aliphatic hydroxyl groups excluding tert-OH is 1. The average Bonchev–Trinajstić information content (AvgIpc) is 2.21. The third-order valence-electron chi connectivity index (χ3n) is 2.52. The average molecular weight is 232 g/mol. The van der Waals surface area contributed by atoms with Gasteiger partial charge in [0, 0.05) is 13.0 Å². The molecule has 6 heteroatoms. The van der Waals surface area contributed by atoms with Crippen LogP contribution in [0.25, 0.3) is 0 Å². The summed E-state index contributed by atoms with van der Waals surface area (Å²) < 4.78 is 0. The Labute approximate surface area is 94.6 Å². The van der Waals surface area contributed by atoms with Crippen molar-refractivity contribution < 1.29 is 19.8 Å². The van der Waals surface area contributed by atoms with E-state index >= 15 is 0 Å². The zero-order valence-electron chi connectivity index (χ0n) is 9.32. The number of primary amides is 1. The molecule has 0 heterocycles. The molecule has 0 fully saturated rings. The minimum absolute atomic E-state index is 0.0250. The Kier molecular flexibility index (Phi) is 6.67. The SMILES string of the molecule is NC(=O)CC[C@@](N)(CCCCCO)C(=O)O. The molecule has 0 aromatic rings. The molecule has 94 valence electrons. The number of aliphatic hydroxyl groups is 1. The molecule has 16 heavy (non-hydrogen) atoms. The van der Waals surface area contributed by atoms with Crippen LogP contribution in [-0.4, -0.2) is 34.2 Å². The Morgan fingerprint density at radius 1 is 1.12 bits per heavy atom. The van der Waals surface area contributed by atoms with Gasteiger partial charge in [0.2, 0.25) is 5.91 Å². The van der Waals surface area contributed by atoms with Gasteiger partial charge in [-0.3, -0.25) is 9.59 Å². The minimum Gasteiger partial charge on any atom is -0.480 e. The lowest BCUT2D eigenvalue weighted by molar-refractivity contribution is -0.144. The summed E-state index contributed by atoms with van der Waals surface area (Å²) in [6, 6.07) is 0. The number of aliphatic carboxylic acids is 1. The molecule has 0 saturated carbocycles. The van der Waals surface area contributed by atoms with Gasteiger partial charge < -0.3 is 21.7 Å². The quantitative estimate of drug-likeness (QED) is 0.402. The second-order valence-electron chi connectivity index (χ2n) is 3.96. The molecule has 1 amide bonds. The van der Waals surface area contributed by atoms with Crippen molar-refractivity contribution in [3.05, 3.63) is 0 Å². The first kappa shape index (κ1) is 14.9. The van der Waals surface area contributed by atoms with Gasteiger partial charge in [-0.05, 0) is 19.3 Å². The molecule has 1 atom stereocenters. The highest BCUT2D eigenvalue weighted by Gasteiger charge is 2.33. The van der Waals surface area contributed by atoms with Gasteiger partial charge in [0.25, 0.3) is 0 Å². The number of nitrogens with two attached hydrogens (primary N) is 2. The molecule has 0 aliphatic carbocycles. The van der Waals surface area contributed by atoms with Crippen molar-refractivity contribution in [2.45, 2.75) is 44.1 Å². The first-order chi connectivity index (χ1) is 7.42. The van der Waals surface area contributed by atoms with E-state index in [2.05, 4.69) is 0 Å². The summed E-state index contributed by atoms with van der Waals surface area (Å²) in [6.07, 6.45) is 2.28. The Hall–Kier alpha value is -1.14. The molecule has 6 N–H and O–H groups in total. The monoisotopic (exact) mass is 232 g/mol. The van der Waals surface area contributed by atoms with Crippen LogP contribution in [0.4, 0.5) is 0 Å². The van der Waals surface area contributed by atoms with Gasteiger partial charge in [0.15, 0.2) is 0 Å². The number of amides is 1. The van der Waals surface area contributed by atoms with E-state index in [1.807, 2.05) is 0 Å². The van der Waals surface area contributed by atoms with Gasteiger partial charge in [-0.2, -0.15) is 0 Å². The molecule has 0 spiro atoms. The predicted molar refractivity (Wildman–Crippen MR) is 58.5 cm³/mol. The molecular formula is C10H20N2O4. The van der Waals surface area contributed by atoms with Gasteiger partial charge in [-0.25, -0.2) is 0 Å². The molecule has 0 aliphatic rings. The summed E-state index contributed by atoms with van der Waals surface area (Å²) in [5.74, 6) is -1.66. The molecule has 0 rings (SSSR count). The van der Waals surface area contributed by atoms with Crippen LogP contribution in [0.2, 0.25) is 0 Å². The normalized spacial score (nSPS) is 14.4. The highest BCUT2D eigenvalue weighted by atomic mass is 16.4. The van der Waals surface area contributed by atoms with Crippen LogP contribution in [0.1, 0.15) is 38.5 Å². The van der Waals surface area contributed by atoms with Gasteiger partial charge in [-0.15, -0.1) is 0 Å². The Balaban J connectivity index is 4.12. The highest BCUT2D eigenvalue weighted by Crippen LogP contribution is 2.18. The van der Waals surface area contributed by atoms with E-state index in [0.29, 0.717) is 12.8 Å². The minimum atomic E-state index is -1.38. The van der Waals surface area contributed by atoms with Crippen LogP contribution >= 0.6 is 0 Å². The number of rotatable bonds is 9. The number of carboxylic acid groups (broad SMARTS) is 1. The van der Waals surface area contributed by atoms with Crippen molar-refractivity contribution in [1.29, 1.82) is 0 Å². The van der Waals surface area contributed by atoms with Crippen LogP contribution in [0.5, 0.6) is 0 Å². The van der Waals surface area contributed by atoms with Crippen LogP contribution in [0.3, 0.4) is 0 Å². The first-order valence-electron chi connectivity index (χ1n) is 5.34. The highest BCUT2D eigenvalue weighted by molar-refractivity contribution is 5.80. The first-order valence-corrected chi connectivity index (χ1v) is 5.34. The van der Waals surface area contributed by atoms with Crippen LogP contribution < -0.4 is 11.5 Å². The molecule has 0 aromatic carbocycles. The zero-order valence-corrected chi connectivity index (χ0v) is 9.32. The van der Waals surface area contributed by atoms with E-state index in [-0.39, 0.29) is 25.9 Å². The smallest absolute Gasteiger partial charge is 0.323 e. The maximum absolute atomic E-state index is 11.0. The predicted octanol–water partition coefficient (Wildman–Crippen LogP) is -0.413. The number of unbranched alkanes of at least 4 members (excludes halogenated alkanes) is 2. The van der Waals surface area contributed by atoms with Crippen LogP contribution in [0, 0.1) is 0 Å². The van der Waals surface area contributed by atoms with Crippen LogP contribution in [0.15, 0.2) is 0 Å². The standard InChI is InChI=1S/C10H20N2O4/c11-8(14)4-6-10(12,9(15)16)5-2-1-3-7-13/h13H,1-7,12H2,(H2,11,14)(H,15,16)/t10-/m0/s1. The van der Waals surface area contributed by atoms with Crippen molar-refractivity contribution in [2.24, 2.45) is 11.5 Å². The van der Waals surface area contributed by atoms with E-state index in [1.165, 1.54) is 0 Å². The second kappa shape index (κ2) is 7.19. The number of hydrogen-bond donors (Lipinski definition) is 4. The van der Waals surface area contributed by atoms with Crippen molar-refractivity contribution in [3.63, 3.8) is 0 Å². The zero-order chi connectivity index (χ0) is 12.6. The number of carboxylic acids is 1. The molecule has 0 radical (unpaired) electrons. The fourth-order valence-electron chi connectivity index (χ4n) is 1.41. The van der Waals surface area contributed by atoms with E-state index in [9.17, 15) is 9.59 Å². The molecule has 0 aromatic heterocycles. The van der Waals surface area contributed by atoms with Gasteiger partial charge >= 0.3 is 5.97 Å². The summed E-state index contributed by atoms with van der Waals surface area (Å²) in [5.41, 5.74) is 9.27. The maximum Gasteiger partial charge on any atom is 0.323 e. The lowest BCUT2D eigenvalue weighted by Gasteiger charge is -2.24. The second-order valence-corrected chi connectivity index (χ2v) is 3.96. The number of carbonyl (C=O) groups is 2. The molecule has 0 unspecified atom stereocenters. The summed E-state index contributed by atoms with van der Waals surface area (Å²) in [7, 11) is 0. The summed E-state index contributed by atoms with van der Waals surface area (Å²) >= 11 is 0. The number of carbonyl (C=O) groups excluding carboxylic acids is 1. The van der Waals surface area contributed by atoms with Gasteiger partial charge in [0.1, 0.15) is 5.54 Å². The Morgan fingerprint density at radius 3 is 2.19 bits per heavy atom. The van der Waals surface area contributed by atoms with Crippen molar-refractivity contribution in [1.82, 2.24) is 0 Å². The van der Waals surface area contributed by atoms with E-state index in [4.69, 9.17) is 21.7 Å². The van der Waals surface area contributed by atoms with E-state index in [0.717, 1.165) is 6.42 Å². The summed E-state index contributed by atoms with van der Waals surface area (Å²) in [4.78, 5) is 21.6.